The van der Waals surface area contributed by atoms with E-state index in [1.807, 2.05) is 39.8 Å². The van der Waals surface area contributed by atoms with Crippen LogP contribution >= 0.6 is 0 Å². The number of pyridine rings is 1. The SMILES string of the molecule is CC1(C)OB(C(=Cc2ccc(N)nc2)CN)OC1(C)C. The molecule has 1 aliphatic rings. The Morgan fingerprint density at radius 3 is 2.30 bits per heavy atom. The van der Waals surface area contributed by atoms with E-state index < -0.39 is 7.12 Å². The molecule has 1 fully saturated rings. The molecule has 6 heteroatoms. The summed E-state index contributed by atoms with van der Waals surface area (Å²) in [5.74, 6) is 0.493. The van der Waals surface area contributed by atoms with Gasteiger partial charge < -0.3 is 20.8 Å². The van der Waals surface area contributed by atoms with Crippen LogP contribution in [-0.2, 0) is 9.31 Å². The van der Waals surface area contributed by atoms with Gasteiger partial charge in [-0.1, -0.05) is 6.08 Å². The Labute approximate surface area is 120 Å². The Hall–Kier alpha value is -1.37. The minimum absolute atomic E-state index is 0.362. The molecule has 1 aromatic rings. The highest BCUT2D eigenvalue weighted by Crippen LogP contribution is 2.38. The molecule has 2 heterocycles. The first kappa shape index (κ1) is 15.0. The Kier molecular flexibility index (Phi) is 3.91. The number of hydrogen-bond donors (Lipinski definition) is 2. The third-order valence-corrected chi connectivity index (χ3v) is 3.95. The predicted molar refractivity (Wildman–Crippen MR) is 81.8 cm³/mol. The molecule has 2 rings (SSSR count). The number of rotatable bonds is 3. The first-order chi connectivity index (χ1) is 9.25. The Morgan fingerprint density at radius 2 is 1.85 bits per heavy atom. The average molecular weight is 275 g/mol. The van der Waals surface area contributed by atoms with Gasteiger partial charge in [0.1, 0.15) is 5.82 Å². The zero-order chi connectivity index (χ0) is 15.0. The predicted octanol–water partition coefficient (Wildman–Crippen LogP) is 1.64. The second kappa shape index (κ2) is 5.20. The van der Waals surface area contributed by atoms with E-state index in [0.29, 0.717) is 12.4 Å². The minimum Gasteiger partial charge on any atom is -0.400 e. The van der Waals surface area contributed by atoms with Crippen molar-refractivity contribution in [3.05, 3.63) is 29.4 Å². The van der Waals surface area contributed by atoms with Gasteiger partial charge in [-0.25, -0.2) is 4.98 Å². The highest BCUT2D eigenvalue weighted by atomic mass is 16.7. The number of aromatic nitrogens is 1. The quantitative estimate of drug-likeness (QED) is 0.819. The standard InChI is InChI=1S/C14H22BN3O2/c1-13(2)14(3,4)20-15(19-13)11(8-16)7-10-5-6-12(17)18-9-10/h5-7,9H,8,16H2,1-4H3,(H2,17,18). The van der Waals surface area contributed by atoms with Gasteiger partial charge >= 0.3 is 7.12 Å². The summed E-state index contributed by atoms with van der Waals surface area (Å²) >= 11 is 0. The van der Waals surface area contributed by atoms with Crippen molar-refractivity contribution in [2.45, 2.75) is 38.9 Å². The lowest BCUT2D eigenvalue weighted by Crippen LogP contribution is -2.41. The second-order valence-corrected chi connectivity index (χ2v) is 6.03. The van der Waals surface area contributed by atoms with Crippen LogP contribution in [0.3, 0.4) is 0 Å². The molecule has 1 saturated heterocycles. The Morgan fingerprint density at radius 1 is 1.25 bits per heavy atom. The van der Waals surface area contributed by atoms with Crippen LogP contribution in [0.15, 0.2) is 23.8 Å². The number of nitrogen functional groups attached to an aromatic ring is 1. The Bertz CT molecular complexity index is 496. The summed E-state index contributed by atoms with van der Waals surface area (Å²) in [5, 5.41) is 0. The molecule has 5 nitrogen and oxygen atoms in total. The maximum absolute atomic E-state index is 6.00. The molecule has 0 atom stereocenters. The summed E-state index contributed by atoms with van der Waals surface area (Å²) in [6.45, 7) is 8.44. The van der Waals surface area contributed by atoms with Gasteiger partial charge in [0.25, 0.3) is 0 Å². The average Bonchev–Trinajstić information content (AvgIpc) is 2.57. The van der Waals surface area contributed by atoms with Crippen molar-refractivity contribution >= 4 is 19.0 Å². The summed E-state index contributed by atoms with van der Waals surface area (Å²) in [6.07, 6.45) is 3.64. The molecular weight excluding hydrogens is 253 g/mol. The van der Waals surface area contributed by atoms with E-state index in [2.05, 4.69) is 4.98 Å². The second-order valence-electron chi connectivity index (χ2n) is 6.03. The van der Waals surface area contributed by atoms with Crippen molar-refractivity contribution in [2.24, 2.45) is 5.73 Å². The van der Waals surface area contributed by atoms with Crippen LogP contribution < -0.4 is 11.5 Å². The molecule has 0 spiro atoms. The Balaban J connectivity index is 2.24. The summed E-state index contributed by atoms with van der Waals surface area (Å²) in [7, 11) is -0.428. The van der Waals surface area contributed by atoms with E-state index in [4.69, 9.17) is 20.8 Å². The summed E-state index contributed by atoms with van der Waals surface area (Å²) in [6, 6.07) is 3.65. The first-order valence-electron chi connectivity index (χ1n) is 6.73. The van der Waals surface area contributed by atoms with Crippen LogP contribution in [0.5, 0.6) is 0 Å². The third kappa shape index (κ3) is 2.87. The molecule has 0 bridgehead atoms. The molecule has 1 aromatic heterocycles. The molecule has 0 amide bonds. The van der Waals surface area contributed by atoms with E-state index in [1.54, 1.807) is 12.3 Å². The molecule has 0 unspecified atom stereocenters. The number of hydrogen-bond acceptors (Lipinski definition) is 5. The fourth-order valence-electron chi connectivity index (χ4n) is 1.93. The zero-order valence-electron chi connectivity index (χ0n) is 12.5. The van der Waals surface area contributed by atoms with Gasteiger partial charge in [-0.15, -0.1) is 0 Å². The van der Waals surface area contributed by atoms with Crippen LogP contribution in [0.25, 0.3) is 6.08 Å². The highest BCUT2D eigenvalue weighted by molar-refractivity contribution is 6.55. The van der Waals surface area contributed by atoms with Gasteiger partial charge in [0.2, 0.25) is 0 Å². The zero-order valence-corrected chi connectivity index (χ0v) is 12.5. The summed E-state index contributed by atoms with van der Waals surface area (Å²) in [5.41, 5.74) is 12.5. The largest absolute Gasteiger partial charge is 0.491 e. The lowest BCUT2D eigenvalue weighted by Gasteiger charge is -2.32. The molecule has 108 valence electrons. The smallest absolute Gasteiger partial charge is 0.400 e. The fourth-order valence-corrected chi connectivity index (χ4v) is 1.93. The van der Waals surface area contributed by atoms with E-state index in [1.165, 1.54) is 0 Å². The van der Waals surface area contributed by atoms with Crippen LogP contribution in [0.4, 0.5) is 5.82 Å². The van der Waals surface area contributed by atoms with Crippen molar-refractivity contribution in [1.29, 1.82) is 0 Å². The molecule has 4 N–H and O–H groups in total. The maximum Gasteiger partial charge on any atom is 0.491 e. The van der Waals surface area contributed by atoms with Crippen LogP contribution in [-0.4, -0.2) is 29.8 Å². The van der Waals surface area contributed by atoms with Crippen molar-refractivity contribution in [1.82, 2.24) is 4.98 Å². The number of nitrogens with two attached hydrogens (primary N) is 2. The summed E-state index contributed by atoms with van der Waals surface area (Å²) in [4.78, 5) is 4.06. The molecular formula is C14H22BN3O2. The van der Waals surface area contributed by atoms with Crippen molar-refractivity contribution in [2.75, 3.05) is 12.3 Å². The number of nitrogens with zero attached hydrogens (tertiary/aromatic N) is 1. The van der Waals surface area contributed by atoms with Gasteiger partial charge in [0, 0.05) is 12.7 Å². The van der Waals surface area contributed by atoms with E-state index >= 15 is 0 Å². The molecule has 20 heavy (non-hydrogen) atoms. The molecule has 0 aromatic carbocycles. The van der Waals surface area contributed by atoms with Crippen LogP contribution in [0.1, 0.15) is 33.3 Å². The maximum atomic E-state index is 6.00. The molecule has 0 aliphatic carbocycles. The lowest BCUT2D eigenvalue weighted by molar-refractivity contribution is 0.00578. The minimum atomic E-state index is -0.428. The fraction of sp³-hybridized carbons (Fsp3) is 0.500. The molecule has 0 radical (unpaired) electrons. The topological polar surface area (TPSA) is 83.4 Å². The van der Waals surface area contributed by atoms with Gasteiger partial charge in [-0.3, -0.25) is 0 Å². The monoisotopic (exact) mass is 275 g/mol. The normalized spacial score (nSPS) is 21.2. The van der Waals surface area contributed by atoms with Gasteiger partial charge in [0.05, 0.1) is 11.2 Å². The molecule has 0 saturated carbocycles. The first-order valence-corrected chi connectivity index (χ1v) is 6.73. The molecule has 1 aliphatic heterocycles. The van der Waals surface area contributed by atoms with Crippen molar-refractivity contribution in [3.63, 3.8) is 0 Å². The van der Waals surface area contributed by atoms with E-state index in [0.717, 1.165) is 11.0 Å². The summed E-state index contributed by atoms with van der Waals surface area (Å²) < 4.78 is 12.0. The van der Waals surface area contributed by atoms with Gasteiger partial charge in [0.15, 0.2) is 0 Å². The van der Waals surface area contributed by atoms with Gasteiger partial charge in [-0.2, -0.15) is 0 Å². The van der Waals surface area contributed by atoms with Gasteiger partial charge in [-0.05, 0) is 50.9 Å². The van der Waals surface area contributed by atoms with Crippen molar-refractivity contribution in [3.8, 4) is 0 Å². The number of anilines is 1. The van der Waals surface area contributed by atoms with Crippen LogP contribution in [0, 0.1) is 0 Å². The van der Waals surface area contributed by atoms with Crippen molar-refractivity contribution < 1.29 is 9.31 Å². The lowest BCUT2D eigenvalue weighted by atomic mass is 9.77. The van der Waals surface area contributed by atoms with E-state index in [-0.39, 0.29) is 11.2 Å². The highest BCUT2D eigenvalue weighted by Gasteiger charge is 2.52. The van der Waals surface area contributed by atoms with Crippen LogP contribution in [0.2, 0.25) is 0 Å². The third-order valence-electron chi connectivity index (χ3n) is 3.95. The van der Waals surface area contributed by atoms with E-state index in [9.17, 15) is 0 Å².